The molecule has 0 aliphatic carbocycles. The van der Waals surface area contributed by atoms with Crippen molar-refractivity contribution in [3.05, 3.63) is 99.3 Å². The van der Waals surface area contributed by atoms with E-state index < -0.39 is 5.97 Å². The van der Waals surface area contributed by atoms with Gasteiger partial charge in [-0.05, 0) is 82.3 Å². The SMILES string of the molecule is Cc1c(COc2cc(OCc3cncc(C#N)c3)c(CNCCCC(=O)O)cc2Br)cccc1-c1ccc2c(c1)OCCO2. The van der Waals surface area contributed by atoms with Crippen LogP contribution in [0.3, 0.4) is 0 Å². The molecule has 2 N–H and O–H groups in total. The Balaban J connectivity index is 1.33. The molecule has 1 aromatic heterocycles. The van der Waals surface area contributed by atoms with E-state index in [0.717, 1.165) is 49.4 Å². The Kier molecular flexibility index (Phi) is 10.3. The number of rotatable bonds is 13. The molecule has 0 spiro atoms. The summed E-state index contributed by atoms with van der Waals surface area (Å²) in [5.74, 6) is 1.91. The Labute approximate surface area is 264 Å². The van der Waals surface area contributed by atoms with Crippen molar-refractivity contribution >= 4 is 21.9 Å². The van der Waals surface area contributed by atoms with Gasteiger partial charge in [-0.3, -0.25) is 9.78 Å². The van der Waals surface area contributed by atoms with Crippen molar-refractivity contribution in [3.63, 3.8) is 0 Å². The van der Waals surface area contributed by atoms with E-state index in [1.807, 2.05) is 42.5 Å². The van der Waals surface area contributed by atoms with E-state index in [4.69, 9.17) is 24.1 Å². The van der Waals surface area contributed by atoms with Gasteiger partial charge in [-0.25, -0.2) is 0 Å². The van der Waals surface area contributed by atoms with Crippen LogP contribution in [0.5, 0.6) is 23.0 Å². The lowest BCUT2D eigenvalue weighted by atomic mass is 9.96. The highest BCUT2D eigenvalue weighted by molar-refractivity contribution is 9.10. The fraction of sp³-hybridized carbons (Fsp3) is 0.265. The third kappa shape index (κ3) is 7.86. The number of hydrogen-bond donors (Lipinski definition) is 2. The average molecular weight is 659 g/mol. The minimum atomic E-state index is -0.819. The number of halogens is 1. The summed E-state index contributed by atoms with van der Waals surface area (Å²) in [6, 6.07) is 19.8. The number of nitrogens with one attached hydrogen (secondary N) is 1. The van der Waals surface area contributed by atoms with E-state index in [1.165, 1.54) is 6.20 Å². The third-order valence-corrected chi connectivity index (χ3v) is 7.80. The lowest BCUT2D eigenvalue weighted by Gasteiger charge is -2.20. The van der Waals surface area contributed by atoms with Crippen LogP contribution in [0.4, 0.5) is 0 Å². The first kappa shape index (κ1) is 30.9. The number of nitriles is 1. The van der Waals surface area contributed by atoms with Crippen molar-refractivity contribution in [2.24, 2.45) is 0 Å². The van der Waals surface area contributed by atoms with Crippen molar-refractivity contribution < 1.29 is 28.8 Å². The third-order valence-electron chi connectivity index (χ3n) is 7.18. The van der Waals surface area contributed by atoms with E-state index in [2.05, 4.69) is 45.3 Å². The van der Waals surface area contributed by atoms with Crippen LogP contribution in [0.1, 0.15) is 40.7 Å². The highest BCUT2D eigenvalue weighted by atomic mass is 79.9. The standard InChI is InChI=1S/C34H32BrN3O6/c1-22-26(4-2-5-28(22)25-7-8-30-33(14-25)42-11-10-41-30)21-44-32-15-31(43-20-24-12-23(16-36)17-38-18-24)27(13-29(32)35)19-37-9-3-6-34(39)40/h2,4-5,7-8,12-15,17-18,37H,3,6,9-11,19-21H2,1H3,(H,39,40). The number of nitrogens with zero attached hydrogens (tertiary/aromatic N) is 2. The average Bonchev–Trinajstić information content (AvgIpc) is 3.04. The van der Waals surface area contributed by atoms with Crippen LogP contribution in [-0.2, 0) is 24.6 Å². The predicted molar refractivity (Wildman–Crippen MR) is 168 cm³/mol. The van der Waals surface area contributed by atoms with Crippen molar-refractivity contribution in [1.29, 1.82) is 5.26 Å². The molecule has 5 rings (SSSR count). The molecule has 9 nitrogen and oxygen atoms in total. The van der Waals surface area contributed by atoms with E-state index in [-0.39, 0.29) is 13.0 Å². The number of carbonyl (C=O) groups is 1. The molecular formula is C34H32BrN3O6. The molecule has 1 aliphatic rings. The number of aliphatic carboxylic acids is 1. The van der Waals surface area contributed by atoms with E-state index in [0.29, 0.717) is 56.4 Å². The lowest BCUT2D eigenvalue weighted by molar-refractivity contribution is -0.137. The van der Waals surface area contributed by atoms with Crippen LogP contribution in [-0.4, -0.2) is 35.8 Å². The second kappa shape index (κ2) is 14.7. The van der Waals surface area contributed by atoms with Crippen molar-refractivity contribution in [3.8, 4) is 40.2 Å². The maximum absolute atomic E-state index is 10.9. The Morgan fingerprint density at radius 2 is 1.84 bits per heavy atom. The van der Waals surface area contributed by atoms with Gasteiger partial charge in [-0.2, -0.15) is 5.26 Å². The molecule has 0 fully saturated rings. The van der Waals surface area contributed by atoms with Crippen LogP contribution in [0.2, 0.25) is 0 Å². The molecule has 3 aromatic carbocycles. The highest BCUT2D eigenvalue weighted by Gasteiger charge is 2.16. The number of pyridine rings is 1. The van der Waals surface area contributed by atoms with Gasteiger partial charge < -0.3 is 29.4 Å². The first-order valence-electron chi connectivity index (χ1n) is 14.2. The minimum Gasteiger partial charge on any atom is -0.488 e. The molecule has 4 aromatic rings. The molecular weight excluding hydrogens is 626 g/mol. The largest absolute Gasteiger partial charge is 0.488 e. The Morgan fingerprint density at radius 3 is 2.66 bits per heavy atom. The molecule has 0 saturated carbocycles. The Hall–Kier alpha value is -4.59. The Bertz CT molecular complexity index is 1690. The predicted octanol–water partition coefficient (Wildman–Crippen LogP) is 6.57. The summed E-state index contributed by atoms with van der Waals surface area (Å²) >= 11 is 3.66. The van der Waals surface area contributed by atoms with E-state index >= 15 is 0 Å². The highest BCUT2D eigenvalue weighted by Crippen LogP contribution is 2.37. The second-order valence-corrected chi connectivity index (χ2v) is 11.1. The van der Waals surface area contributed by atoms with Crippen LogP contribution in [0.15, 0.2) is 71.5 Å². The number of hydrogen-bond acceptors (Lipinski definition) is 8. The number of carboxylic acid groups (broad SMARTS) is 1. The van der Waals surface area contributed by atoms with Crippen LogP contribution >= 0.6 is 15.9 Å². The minimum absolute atomic E-state index is 0.102. The molecule has 10 heteroatoms. The fourth-order valence-corrected chi connectivity index (χ4v) is 5.36. The zero-order valence-electron chi connectivity index (χ0n) is 24.3. The summed E-state index contributed by atoms with van der Waals surface area (Å²) in [4.78, 5) is 15.0. The number of fused-ring (bicyclic) bond motifs is 1. The smallest absolute Gasteiger partial charge is 0.303 e. The van der Waals surface area contributed by atoms with Gasteiger partial charge in [0, 0.05) is 42.6 Å². The molecule has 0 atom stereocenters. The summed E-state index contributed by atoms with van der Waals surface area (Å²) in [5.41, 5.74) is 6.37. The lowest BCUT2D eigenvalue weighted by Crippen LogP contribution is -2.16. The van der Waals surface area contributed by atoms with Crippen molar-refractivity contribution in [2.45, 2.75) is 39.5 Å². The van der Waals surface area contributed by atoms with Crippen molar-refractivity contribution in [2.75, 3.05) is 19.8 Å². The van der Waals surface area contributed by atoms with Gasteiger partial charge in [0.2, 0.25) is 0 Å². The monoisotopic (exact) mass is 657 g/mol. The van der Waals surface area contributed by atoms with Crippen molar-refractivity contribution in [1.82, 2.24) is 10.3 Å². The topological polar surface area (TPSA) is 123 Å². The number of aromatic nitrogens is 1. The van der Waals surface area contributed by atoms with Gasteiger partial charge in [0.15, 0.2) is 11.5 Å². The summed E-state index contributed by atoms with van der Waals surface area (Å²) in [5, 5.41) is 21.4. The van der Waals surface area contributed by atoms with Gasteiger partial charge in [-0.15, -0.1) is 0 Å². The molecule has 44 heavy (non-hydrogen) atoms. The summed E-state index contributed by atoms with van der Waals surface area (Å²) in [6.45, 7) is 4.74. The van der Waals surface area contributed by atoms with Gasteiger partial charge in [0.1, 0.15) is 44.0 Å². The zero-order valence-corrected chi connectivity index (χ0v) is 25.9. The molecule has 0 amide bonds. The fourth-order valence-electron chi connectivity index (χ4n) is 4.85. The first-order chi connectivity index (χ1) is 21.4. The molecule has 226 valence electrons. The summed E-state index contributed by atoms with van der Waals surface area (Å²) in [6.07, 6.45) is 3.79. The molecule has 0 unspecified atom stereocenters. The van der Waals surface area contributed by atoms with Gasteiger partial charge in [0.25, 0.3) is 0 Å². The second-order valence-electron chi connectivity index (χ2n) is 10.3. The number of ether oxygens (including phenoxy) is 4. The maximum atomic E-state index is 10.9. The number of carboxylic acids is 1. The molecule has 0 radical (unpaired) electrons. The number of benzene rings is 3. The van der Waals surface area contributed by atoms with Crippen LogP contribution < -0.4 is 24.3 Å². The molecule has 0 saturated heterocycles. The molecule has 2 heterocycles. The molecule has 0 bridgehead atoms. The van der Waals surface area contributed by atoms with Gasteiger partial charge >= 0.3 is 5.97 Å². The summed E-state index contributed by atoms with van der Waals surface area (Å²) < 4.78 is 24.8. The van der Waals surface area contributed by atoms with Gasteiger partial charge in [-0.1, -0.05) is 24.3 Å². The molecule has 1 aliphatic heterocycles. The summed E-state index contributed by atoms with van der Waals surface area (Å²) in [7, 11) is 0. The maximum Gasteiger partial charge on any atom is 0.303 e. The quantitative estimate of drug-likeness (QED) is 0.154. The van der Waals surface area contributed by atoms with Gasteiger partial charge in [0.05, 0.1) is 10.0 Å². The van der Waals surface area contributed by atoms with Crippen LogP contribution in [0.25, 0.3) is 11.1 Å². The van der Waals surface area contributed by atoms with E-state index in [1.54, 1.807) is 12.3 Å². The Morgan fingerprint density at radius 1 is 1.02 bits per heavy atom. The van der Waals surface area contributed by atoms with Crippen LogP contribution in [0, 0.1) is 18.3 Å². The van der Waals surface area contributed by atoms with E-state index in [9.17, 15) is 10.1 Å². The normalized spacial score (nSPS) is 11.9. The zero-order chi connectivity index (χ0) is 30.9. The first-order valence-corrected chi connectivity index (χ1v) is 15.0.